The van der Waals surface area contributed by atoms with E-state index in [-0.39, 0.29) is 11.8 Å². The Morgan fingerprint density at radius 3 is 2.75 bits per heavy atom. The van der Waals surface area contributed by atoms with Gasteiger partial charge in [0.1, 0.15) is 5.82 Å². The van der Waals surface area contributed by atoms with Gasteiger partial charge in [0.05, 0.1) is 0 Å². The van der Waals surface area contributed by atoms with Crippen LogP contribution in [-0.2, 0) is 17.8 Å². The molecule has 0 spiro atoms. The highest BCUT2D eigenvalue weighted by molar-refractivity contribution is 5.93. The van der Waals surface area contributed by atoms with E-state index in [0.717, 1.165) is 42.9 Å². The molecule has 0 radical (unpaired) electrons. The topological polar surface area (TPSA) is 59.0 Å². The highest BCUT2D eigenvalue weighted by atomic mass is 16.1. The quantitative estimate of drug-likeness (QED) is 0.909. The Balaban J connectivity index is 1.43. The lowest BCUT2D eigenvalue weighted by molar-refractivity contribution is -0.122. The number of nitrogens with one attached hydrogen (secondary N) is 2. The van der Waals surface area contributed by atoms with Crippen LogP contribution in [0.25, 0.3) is 11.4 Å². The summed E-state index contributed by atoms with van der Waals surface area (Å²) in [5, 5.41) is 6.24. The molecule has 0 unspecified atom stereocenters. The van der Waals surface area contributed by atoms with Crippen molar-refractivity contribution < 1.29 is 4.79 Å². The van der Waals surface area contributed by atoms with Crippen molar-refractivity contribution in [3.8, 4) is 11.4 Å². The molecule has 0 saturated heterocycles. The molecule has 24 heavy (non-hydrogen) atoms. The van der Waals surface area contributed by atoms with Crippen LogP contribution in [0.3, 0.4) is 0 Å². The Labute approximate surface area is 142 Å². The van der Waals surface area contributed by atoms with Gasteiger partial charge in [-0.1, -0.05) is 0 Å². The number of nitrogens with zero attached hydrogens (tertiary/aromatic N) is 2. The summed E-state index contributed by atoms with van der Waals surface area (Å²) in [5.74, 6) is 1.31. The summed E-state index contributed by atoms with van der Waals surface area (Å²) in [6.45, 7) is 1.05. The van der Waals surface area contributed by atoms with Crippen LogP contribution in [0, 0.1) is 5.92 Å². The van der Waals surface area contributed by atoms with E-state index in [4.69, 9.17) is 0 Å². The Morgan fingerprint density at radius 1 is 1.21 bits per heavy atom. The summed E-state index contributed by atoms with van der Waals surface area (Å²) in [4.78, 5) is 16.8. The van der Waals surface area contributed by atoms with Gasteiger partial charge in [-0.25, -0.2) is 4.98 Å². The zero-order valence-corrected chi connectivity index (χ0v) is 14.1. The number of rotatable bonds is 4. The standard InChI is InChI=1S/C19H24N4O/c1-20-16-10-14(11-16)19(24)22-15-7-5-13(6-8-15)18-21-12-17-4-2-3-9-23(17)18/h5-8,12,14,16,20H,2-4,9-11H2,1H3,(H,22,24). The molecule has 1 aliphatic heterocycles. The molecule has 0 atom stereocenters. The average molecular weight is 324 g/mol. The molecule has 1 fully saturated rings. The molecule has 1 aliphatic carbocycles. The zero-order valence-electron chi connectivity index (χ0n) is 14.1. The molecule has 2 heterocycles. The molecule has 5 nitrogen and oxygen atoms in total. The average Bonchev–Trinajstić information content (AvgIpc) is 2.99. The number of carbonyl (C=O) groups is 1. The predicted molar refractivity (Wildman–Crippen MR) is 94.8 cm³/mol. The van der Waals surface area contributed by atoms with Crippen LogP contribution in [-0.4, -0.2) is 28.5 Å². The Morgan fingerprint density at radius 2 is 2.00 bits per heavy atom. The van der Waals surface area contributed by atoms with Crippen molar-refractivity contribution >= 4 is 11.6 Å². The molecule has 2 N–H and O–H groups in total. The predicted octanol–water partition coefficient (Wildman–Crippen LogP) is 2.82. The first-order valence-corrected chi connectivity index (χ1v) is 8.87. The summed E-state index contributed by atoms with van der Waals surface area (Å²) in [5.41, 5.74) is 3.31. The van der Waals surface area contributed by atoms with Gasteiger partial charge in [-0.2, -0.15) is 0 Å². The minimum atomic E-state index is 0.132. The normalized spacial score (nSPS) is 22.5. The first-order chi connectivity index (χ1) is 11.7. The number of hydrogen-bond donors (Lipinski definition) is 2. The fourth-order valence-corrected chi connectivity index (χ4v) is 3.68. The summed E-state index contributed by atoms with van der Waals surface area (Å²) in [7, 11) is 1.95. The van der Waals surface area contributed by atoms with E-state index >= 15 is 0 Å². The van der Waals surface area contributed by atoms with E-state index in [0.29, 0.717) is 6.04 Å². The maximum absolute atomic E-state index is 12.2. The molecule has 1 saturated carbocycles. The first-order valence-electron chi connectivity index (χ1n) is 8.87. The van der Waals surface area contributed by atoms with Crippen molar-refractivity contribution in [2.75, 3.05) is 12.4 Å². The second-order valence-electron chi connectivity index (χ2n) is 6.90. The second kappa shape index (κ2) is 6.40. The van der Waals surface area contributed by atoms with Gasteiger partial charge in [-0.05, 0) is 63.4 Å². The van der Waals surface area contributed by atoms with Crippen molar-refractivity contribution in [1.82, 2.24) is 14.9 Å². The number of amides is 1. The van der Waals surface area contributed by atoms with Gasteiger partial charge >= 0.3 is 0 Å². The van der Waals surface area contributed by atoms with Crippen LogP contribution in [0.15, 0.2) is 30.5 Å². The summed E-state index contributed by atoms with van der Waals surface area (Å²) in [6.07, 6.45) is 7.46. The third-order valence-electron chi connectivity index (χ3n) is 5.33. The minimum Gasteiger partial charge on any atom is -0.328 e. The lowest BCUT2D eigenvalue weighted by Gasteiger charge is -2.33. The third-order valence-corrected chi connectivity index (χ3v) is 5.33. The molecule has 1 aromatic heterocycles. The summed E-state index contributed by atoms with van der Waals surface area (Å²) < 4.78 is 2.32. The van der Waals surface area contributed by atoms with Crippen molar-refractivity contribution in [1.29, 1.82) is 0 Å². The Bertz CT molecular complexity index is 728. The molecule has 2 aliphatic rings. The number of fused-ring (bicyclic) bond motifs is 1. The van der Waals surface area contributed by atoms with Gasteiger partial charge in [0.2, 0.25) is 5.91 Å². The van der Waals surface area contributed by atoms with E-state index in [1.165, 1.54) is 18.5 Å². The van der Waals surface area contributed by atoms with Crippen molar-refractivity contribution in [2.45, 2.75) is 44.7 Å². The number of aryl methyl sites for hydroxylation is 1. The molecular weight excluding hydrogens is 300 g/mol. The number of carbonyl (C=O) groups excluding carboxylic acids is 1. The smallest absolute Gasteiger partial charge is 0.227 e. The van der Waals surface area contributed by atoms with Crippen LogP contribution >= 0.6 is 0 Å². The fourth-order valence-electron chi connectivity index (χ4n) is 3.68. The number of benzene rings is 1. The maximum Gasteiger partial charge on any atom is 0.227 e. The van der Waals surface area contributed by atoms with Crippen molar-refractivity contribution in [3.05, 3.63) is 36.2 Å². The number of imidazole rings is 1. The van der Waals surface area contributed by atoms with E-state index in [9.17, 15) is 4.79 Å². The van der Waals surface area contributed by atoms with E-state index in [2.05, 4.69) is 32.3 Å². The third kappa shape index (κ3) is 2.84. The summed E-state index contributed by atoms with van der Waals surface area (Å²) >= 11 is 0. The van der Waals surface area contributed by atoms with Crippen LogP contribution in [0.5, 0.6) is 0 Å². The highest BCUT2D eigenvalue weighted by Crippen LogP contribution is 2.29. The van der Waals surface area contributed by atoms with Gasteiger partial charge in [-0.15, -0.1) is 0 Å². The SMILES string of the molecule is CNC1CC(C(=O)Nc2ccc(-c3ncc4n3CCCC4)cc2)C1. The van der Waals surface area contributed by atoms with Crippen LogP contribution < -0.4 is 10.6 Å². The van der Waals surface area contributed by atoms with Crippen molar-refractivity contribution in [3.63, 3.8) is 0 Å². The molecule has 1 amide bonds. The molecule has 4 rings (SSSR count). The molecule has 2 aromatic rings. The molecular formula is C19H24N4O. The summed E-state index contributed by atoms with van der Waals surface area (Å²) in [6, 6.07) is 8.56. The Hall–Kier alpha value is -2.14. The first kappa shape index (κ1) is 15.4. The lowest BCUT2D eigenvalue weighted by Crippen LogP contribution is -2.44. The van der Waals surface area contributed by atoms with E-state index in [1.54, 1.807) is 0 Å². The number of hydrogen-bond acceptors (Lipinski definition) is 3. The van der Waals surface area contributed by atoms with Crippen LogP contribution in [0.2, 0.25) is 0 Å². The Kier molecular flexibility index (Phi) is 4.10. The van der Waals surface area contributed by atoms with Gasteiger partial charge in [-0.3, -0.25) is 4.79 Å². The number of aromatic nitrogens is 2. The van der Waals surface area contributed by atoms with Crippen LogP contribution in [0.1, 0.15) is 31.4 Å². The van der Waals surface area contributed by atoms with Gasteiger partial charge < -0.3 is 15.2 Å². The molecule has 5 heteroatoms. The lowest BCUT2D eigenvalue weighted by atomic mass is 9.80. The van der Waals surface area contributed by atoms with Crippen LogP contribution in [0.4, 0.5) is 5.69 Å². The van der Waals surface area contributed by atoms with E-state index in [1.807, 2.05) is 25.4 Å². The van der Waals surface area contributed by atoms with Gasteiger partial charge in [0.25, 0.3) is 0 Å². The monoisotopic (exact) mass is 324 g/mol. The minimum absolute atomic E-state index is 0.132. The molecule has 126 valence electrons. The van der Waals surface area contributed by atoms with E-state index < -0.39 is 0 Å². The highest BCUT2D eigenvalue weighted by Gasteiger charge is 2.33. The number of anilines is 1. The molecule has 0 bridgehead atoms. The van der Waals surface area contributed by atoms with Gasteiger partial charge in [0, 0.05) is 41.6 Å². The maximum atomic E-state index is 12.2. The largest absolute Gasteiger partial charge is 0.328 e. The molecule has 1 aromatic carbocycles. The van der Waals surface area contributed by atoms with Crippen molar-refractivity contribution in [2.24, 2.45) is 5.92 Å². The van der Waals surface area contributed by atoms with Gasteiger partial charge in [0.15, 0.2) is 0 Å². The fraction of sp³-hybridized carbons (Fsp3) is 0.474. The second-order valence-corrected chi connectivity index (χ2v) is 6.90. The zero-order chi connectivity index (χ0) is 16.5.